The molecule has 0 N–H and O–H groups in total. The molecule has 0 saturated heterocycles. The molecule has 218 valence electrons. The lowest BCUT2D eigenvalue weighted by molar-refractivity contribution is 1.14. The molecule has 0 aliphatic carbocycles. The van der Waals surface area contributed by atoms with E-state index in [2.05, 4.69) is 175 Å². The van der Waals surface area contributed by atoms with Crippen LogP contribution in [0, 0.1) is 13.8 Å². The van der Waals surface area contributed by atoms with Crippen LogP contribution in [-0.4, -0.2) is 14.1 Å². The molecular formula is C43H31N3. The second-order valence-electron chi connectivity index (χ2n) is 12.2. The molecule has 3 heteroatoms. The molecule has 6 aromatic carbocycles. The first-order chi connectivity index (χ1) is 22.6. The Morgan fingerprint density at radius 3 is 1.30 bits per heavy atom. The summed E-state index contributed by atoms with van der Waals surface area (Å²) in [4.78, 5) is 5.21. The van der Waals surface area contributed by atoms with E-state index in [9.17, 15) is 0 Å². The molecule has 0 radical (unpaired) electrons. The number of hydrogen-bond donors (Lipinski definition) is 0. The van der Waals surface area contributed by atoms with Crippen LogP contribution in [0.5, 0.6) is 0 Å². The number of pyridine rings is 1. The van der Waals surface area contributed by atoms with E-state index in [0.717, 1.165) is 33.9 Å². The van der Waals surface area contributed by atoms with Gasteiger partial charge in [-0.25, -0.2) is 4.98 Å². The molecule has 0 fully saturated rings. The number of nitrogens with zero attached hydrogens (tertiary/aromatic N) is 3. The third-order valence-electron chi connectivity index (χ3n) is 9.19. The van der Waals surface area contributed by atoms with Gasteiger partial charge in [0.1, 0.15) is 0 Å². The van der Waals surface area contributed by atoms with Crippen LogP contribution in [0.1, 0.15) is 11.1 Å². The molecule has 9 rings (SSSR count). The van der Waals surface area contributed by atoms with Crippen molar-refractivity contribution in [3.8, 4) is 33.9 Å². The van der Waals surface area contributed by atoms with E-state index < -0.39 is 0 Å². The number of aryl methyl sites for hydroxylation is 2. The number of rotatable bonds is 4. The van der Waals surface area contributed by atoms with Gasteiger partial charge in [0.2, 0.25) is 0 Å². The number of fused-ring (bicyclic) bond motifs is 7. The number of aromatic nitrogens is 3. The predicted molar refractivity (Wildman–Crippen MR) is 193 cm³/mol. The van der Waals surface area contributed by atoms with Crippen molar-refractivity contribution in [2.45, 2.75) is 13.8 Å². The molecule has 0 aliphatic rings. The third kappa shape index (κ3) is 4.09. The first kappa shape index (κ1) is 26.5. The van der Waals surface area contributed by atoms with Crippen LogP contribution in [-0.2, 0) is 0 Å². The van der Waals surface area contributed by atoms with E-state index in [1.165, 1.54) is 54.7 Å². The van der Waals surface area contributed by atoms with Crippen LogP contribution < -0.4 is 0 Å². The highest BCUT2D eigenvalue weighted by Gasteiger charge is 2.22. The Morgan fingerprint density at radius 2 is 0.826 bits per heavy atom. The zero-order chi connectivity index (χ0) is 30.8. The van der Waals surface area contributed by atoms with Crippen LogP contribution >= 0.6 is 0 Å². The minimum Gasteiger partial charge on any atom is -0.307 e. The normalized spacial score (nSPS) is 11.7. The predicted octanol–water partition coefficient (Wildman–Crippen LogP) is 11.2. The van der Waals surface area contributed by atoms with Gasteiger partial charge in [-0.1, -0.05) is 114 Å². The molecule has 9 aromatic rings. The maximum Gasteiger partial charge on any atom is 0.0788 e. The summed E-state index contributed by atoms with van der Waals surface area (Å²) in [7, 11) is 0. The highest BCUT2D eigenvalue weighted by molar-refractivity contribution is 6.24. The van der Waals surface area contributed by atoms with Gasteiger partial charge in [-0.2, -0.15) is 0 Å². The topological polar surface area (TPSA) is 22.8 Å². The van der Waals surface area contributed by atoms with Crippen LogP contribution in [0.15, 0.2) is 152 Å². The van der Waals surface area contributed by atoms with Gasteiger partial charge < -0.3 is 9.13 Å². The van der Waals surface area contributed by atoms with Crippen molar-refractivity contribution in [3.63, 3.8) is 0 Å². The zero-order valence-electron chi connectivity index (χ0n) is 25.8. The number of para-hydroxylation sites is 1. The quantitative estimate of drug-likeness (QED) is 0.200. The standard InChI is InChI=1S/C43H31N3/c1-28-18-22-40-36(24-28)34-20-21-35-37-25-29(2)19-23-41(37)46(43(35)42(34)45(40)32-16-10-5-11-17-32)33-26-38(30-12-6-3-7-13-30)44-39(27-33)31-14-8-4-9-15-31/h3-27H,1-2H3. The number of benzene rings is 6. The molecule has 0 atom stereocenters. The van der Waals surface area contributed by atoms with Gasteiger partial charge in [0.05, 0.1) is 39.1 Å². The fourth-order valence-corrected chi connectivity index (χ4v) is 7.10. The minimum absolute atomic E-state index is 0.950. The highest BCUT2D eigenvalue weighted by Crippen LogP contribution is 2.42. The average Bonchev–Trinajstić information content (AvgIpc) is 3.61. The molecule has 0 saturated carbocycles. The zero-order valence-corrected chi connectivity index (χ0v) is 25.8. The van der Waals surface area contributed by atoms with Gasteiger partial charge in [-0.05, 0) is 62.4 Å². The maximum absolute atomic E-state index is 5.21. The minimum atomic E-state index is 0.950. The van der Waals surface area contributed by atoms with Gasteiger partial charge in [0, 0.05) is 38.4 Å². The second kappa shape index (κ2) is 10.3. The van der Waals surface area contributed by atoms with Gasteiger partial charge in [-0.15, -0.1) is 0 Å². The Kier molecular flexibility index (Phi) is 5.94. The molecule has 46 heavy (non-hydrogen) atoms. The van der Waals surface area contributed by atoms with Gasteiger partial charge >= 0.3 is 0 Å². The van der Waals surface area contributed by atoms with E-state index >= 15 is 0 Å². The Bertz CT molecular complexity index is 2520. The summed E-state index contributed by atoms with van der Waals surface area (Å²) in [5, 5.41) is 4.99. The Balaban J connectivity index is 1.49. The molecule has 0 amide bonds. The Hall–Kier alpha value is -5.93. The monoisotopic (exact) mass is 589 g/mol. The van der Waals surface area contributed by atoms with E-state index in [1.807, 2.05) is 0 Å². The van der Waals surface area contributed by atoms with Crippen molar-refractivity contribution < 1.29 is 0 Å². The van der Waals surface area contributed by atoms with Crippen molar-refractivity contribution in [1.82, 2.24) is 14.1 Å². The van der Waals surface area contributed by atoms with Gasteiger partial charge in [-0.3, -0.25) is 0 Å². The third-order valence-corrected chi connectivity index (χ3v) is 9.19. The van der Waals surface area contributed by atoms with Crippen LogP contribution in [0.3, 0.4) is 0 Å². The fourth-order valence-electron chi connectivity index (χ4n) is 7.10. The van der Waals surface area contributed by atoms with Crippen molar-refractivity contribution in [3.05, 3.63) is 163 Å². The molecule has 3 aromatic heterocycles. The maximum atomic E-state index is 5.21. The molecule has 0 unspecified atom stereocenters. The van der Waals surface area contributed by atoms with E-state index in [-0.39, 0.29) is 0 Å². The summed E-state index contributed by atoms with van der Waals surface area (Å²) < 4.78 is 4.92. The van der Waals surface area contributed by atoms with Crippen LogP contribution in [0.2, 0.25) is 0 Å². The smallest absolute Gasteiger partial charge is 0.0788 e. The summed E-state index contributed by atoms with van der Waals surface area (Å²) in [5.74, 6) is 0. The van der Waals surface area contributed by atoms with E-state index in [1.54, 1.807) is 0 Å². The van der Waals surface area contributed by atoms with Gasteiger partial charge in [0.15, 0.2) is 0 Å². The first-order valence-electron chi connectivity index (χ1n) is 15.8. The Morgan fingerprint density at radius 1 is 0.391 bits per heavy atom. The van der Waals surface area contributed by atoms with Gasteiger partial charge in [0.25, 0.3) is 0 Å². The van der Waals surface area contributed by atoms with Crippen molar-refractivity contribution >= 4 is 43.6 Å². The second-order valence-corrected chi connectivity index (χ2v) is 12.2. The molecule has 3 heterocycles. The lowest BCUT2D eigenvalue weighted by Crippen LogP contribution is -2.00. The number of hydrogen-bond acceptors (Lipinski definition) is 1. The lowest BCUT2D eigenvalue weighted by atomic mass is 10.1. The van der Waals surface area contributed by atoms with Crippen molar-refractivity contribution in [2.24, 2.45) is 0 Å². The van der Waals surface area contributed by atoms with Crippen LogP contribution in [0.4, 0.5) is 0 Å². The summed E-state index contributed by atoms with van der Waals surface area (Å²) in [6.45, 7) is 4.36. The molecular weight excluding hydrogens is 558 g/mol. The van der Waals surface area contributed by atoms with E-state index in [4.69, 9.17) is 4.98 Å². The molecule has 0 aliphatic heterocycles. The van der Waals surface area contributed by atoms with E-state index in [0.29, 0.717) is 0 Å². The summed E-state index contributed by atoms with van der Waals surface area (Å²) >= 11 is 0. The van der Waals surface area contributed by atoms with Crippen molar-refractivity contribution in [1.29, 1.82) is 0 Å². The molecule has 0 bridgehead atoms. The molecule has 0 spiro atoms. The fraction of sp³-hybridized carbons (Fsp3) is 0.0465. The van der Waals surface area contributed by atoms with Crippen LogP contribution in [0.25, 0.3) is 77.5 Å². The largest absolute Gasteiger partial charge is 0.307 e. The SMILES string of the molecule is Cc1ccc2c(c1)c1ccc3c4cc(C)ccc4n(-c4cc(-c5ccccc5)nc(-c5ccccc5)c4)c3c1n2-c1ccccc1. The average molecular weight is 590 g/mol. The first-order valence-corrected chi connectivity index (χ1v) is 15.8. The Labute approximate surface area is 267 Å². The summed E-state index contributed by atoms with van der Waals surface area (Å²) in [6.07, 6.45) is 0. The van der Waals surface area contributed by atoms with Crippen molar-refractivity contribution in [2.75, 3.05) is 0 Å². The summed E-state index contributed by atoms with van der Waals surface area (Å²) in [5.41, 5.74) is 13.6. The summed E-state index contributed by atoms with van der Waals surface area (Å²) in [6, 6.07) is 54.6. The highest BCUT2D eigenvalue weighted by atomic mass is 15.0. The lowest BCUT2D eigenvalue weighted by Gasteiger charge is -2.15. The molecule has 3 nitrogen and oxygen atoms in total.